The fourth-order valence-corrected chi connectivity index (χ4v) is 2.68. The number of rotatable bonds is 0. The molecular formula is C11H14N4O2. The van der Waals surface area contributed by atoms with Crippen molar-refractivity contribution in [2.45, 2.75) is 25.8 Å². The van der Waals surface area contributed by atoms with Crippen LogP contribution in [0, 0.1) is 6.92 Å². The number of fused-ring (bicyclic) bond motifs is 2. The van der Waals surface area contributed by atoms with Crippen LogP contribution in [0.3, 0.4) is 0 Å². The molecule has 3 rings (SSSR count). The van der Waals surface area contributed by atoms with E-state index >= 15 is 0 Å². The minimum Gasteiger partial charge on any atom is -0.325 e. The Morgan fingerprint density at radius 1 is 1.41 bits per heavy atom. The lowest BCUT2D eigenvalue weighted by molar-refractivity contribution is -0.119. The summed E-state index contributed by atoms with van der Waals surface area (Å²) < 4.78 is 1.55. The van der Waals surface area contributed by atoms with Crippen molar-refractivity contribution in [2.24, 2.45) is 7.05 Å². The van der Waals surface area contributed by atoms with Gasteiger partial charge < -0.3 is 10.2 Å². The van der Waals surface area contributed by atoms with Crippen molar-refractivity contribution in [3.8, 4) is 0 Å². The van der Waals surface area contributed by atoms with E-state index in [9.17, 15) is 9.59 Å². The third-order valence-corrected chi connectivity index (χ3v) is 3.49. The summed E-state index contributed by atoms with van der Waals surface area (Å²) in [6.45, 7) is 2.45. The van der Waals surface area contributed by atoms with Crippen molar-refractivity contribution >= 4 is 17.5 Å². The highest BCUT2D eigenvalue weighted by Gasteiger charge is 2.40. The Balaban J connectivity index is 2.17. The monoisotopic (exact) mass is 234 g/mol. The second-order valence-corrected chi connectivity index (χ2v) is 4.58. The Kier molecular flexibility index (Phi) is 2.01. The number of hydrogen-bond donors (Lipinski definition) is 1. The van der Waals surface area contributed by atoms with Gasteiger partial charge in [-0.25, -0.2) is 0 Å². The molecule has 0 aromatic carbocycles. The van der Waals surface area contributed by atoms with Gasteiger partial charge in [-0.05, 0) is 19.8 Å². The SMILES string of the molecule is Cc1nn(C)c2c1NC(=O)[C@@H]1CCCN1C2=O. The van der Waals surface area contributed by atoms with Crippen molar-refractivity contribution < 1.29 is 9.59 Å². The van der Waals surface area contributed by atoms with Gasteiger partial charge in [-0.3, -0.25) is 14.3 Å². The van der Waals surface area contributed by atoms with E-state index in [0.717, 1.165) is 12.8 Å². The molecule has 6 heteroatoms. The van der Waals surface area contributed by atoms with Crippen molar-refractivity contribution in [1.82, 2.24) is 14.7 Å². The van der Waals surface area contributed by atoms with Gasteiger partial charge in [-0.2, -0.15) is 5.10 Å². The van der Waals surface area contributed by atoms with Crippen LogP contribution in [0.1, 0.15) is 29.0 Å². The standard InChI is InChI=1S/C11H14N4O2/c1-6-8-9(14(2)13-6)11(17)15-5-3-4-7(15)10(16)12-8/h7H,3-5H2,1-2H3,(H,12,16)/t7-/m0/s1. The lowest BCUT2D eigenvalue weighted by atomic mass is 10.2. The number of carbonyl (C=O) groups is 2. The molecule has 3 heterocycles. The summed E-state index contributed by atoms with van der Waals surface area (Å²) in [6.07, 6.45) is 1.63. The van der Waals surface area contributed by atoms with Crippen LogP contribution in [-0.2, 0) is 11.8 Å². The normalized spacial score (nSPS) is 23.2. The third-order valence-electron chi connectivity index (χ3n) is 3.49. The van der Waals surface area contributed by atoms with E-state index in [1.54, 1.807) is 23.6 Å². The number of hydrogen-bond acceptors (Lipinski definition) is 3. The quantitative estimate of drug-likeness (QED) is 0.701. The summed E-state index contributed by atoms with van der Waals surface area (Å²) in [5.41, 5.74) is 1.74. The maximum Gasteiger partial charge on any atom is 0.274 e. The van der Waals surface area contributed by atoms with Crippen molar-refractivity contribution in [1.29, 1.82) is 0 Å². The zero-order chi connectivity index (χ0) is 12.2. The molecule has 1 aromatic rings. The van der Waals surface area contributed by atoms with Crippen LogP contribution in [0.25, 0.3) is 0 Å². The summed E-state index contributed by atoms with van der Waals surface area (Å²) in [4.78, 5) is 26.0. The molecule has 1 saturated heterocycles. The molecule has 0 unspecified atom stereocenters. The smallest absolute Gasteiger partial charge is 0.274 e. The largest absolute Gasteiger partial charge is 0.325 e. The number of carbonyl (C=O) groups excluding carboxylic acids is 2. The van der Waals surface area contributed by atoms with Crippen LogP contribution in [-0.4, -0.2) is 39.1 Å². The molecule has 1 atom stereocenters. The predicted molar refractivity (Wildman–Crippen MR) is 60.6 cm³/mol. The molecule has 0 bridgehead atoms. The van der Waals surface area contributed by atoms with Gasteiger partial charge in [0.25, 0.3) is 5.91 Å². The lowest BCUT2D eigenvalue weighted by Crippen LogP contribution is -2.41. The van der Waals surface area contributed by atoms with Crippen molar-refractivity contribution in [2.75, 3.05) is 11.9 Å². The summed E-state index contributed by atoms with van der Waals surface area (Å²) >= 11 is 0. The van der Waals surface area contributed by atoms with Crippen LogP contribution in [0.5, 0.6) is 0 Å². The first-order chi connectivity index (χ1) is 8.09. The van der Waals surface area contributed by atoms with Crippen LogP contribution < -0.4 is 5.32 Å². The van der Waals surface area contributed by atoms with Gasteiger partial charge in [0.15, 0.2) is 0 Å². The minimum absolute atomic E-state index is 0.0919. The molecule has 2 amide bonds. The van der Waals surface area contributed by atoms with E-state index < -0.39 is 0 Å². The second-order valence-electron chi connectivity index (χ2n) is 4.58. The van der Waals surface area contributed by atoms with Crippen molar-refractivity contribution in [3.63, 3.8) is 0 Å². The highest BCUT2D eigenvalue weighted by Crippen LogP contribution is 2.30. The topological polar surface area (TPSA) is 67.2 Å². The van der Waals surface area contributed by atoms with Gasteiger partial charge in [0.2, 0.25) is 5.91 Å². The van der Waals surface area contributed by atoms with Crippen LogP contribution in [0.15, 0.2) is 0 Å². The Hall–Kier alpha value is -1.85. The molecule has 90 valence electrons. The van der Waals surface area contributed by atoms with Crippen LogP contribution in [0.2, 0.25) is 0 Å². The molecule has 2 aliphatic rings. The summed E-state index contributed by atoms with van der Waals surface area (Å²) in [6, 6.07) is -0.311. The second kappa shape index (κ2) is 3.32. The van der Waals surface area contributed by atoms with Crippen LogP contribution >= 0.6 is 0 Å². The molecule has 2 aliphatic heterocycles. The number of nitrogens with one attached hydrogen (secondary N) is 1. The number of aromatic nitrogens is 2. The number of amides is 2. The number of aryl methyl sites for hydroxylation is 2. The molecule has 1 N–H and O–H groups in total. The van der Waals surface area contributed by atoms with Crippen LogP contribution in [0.4, 0.5) is 5.69 Å². The van der Waals surface area contributed by atoms with E-state index in [2.05, 4.69) is 10.4 Å². The summed E-state index contributed by atoms with van der Waals surface area (Å²) in [5, 5.41) is 7.02. The average molecular weight is 234 g/mol. The Bertz CT molecular complexity index is 520. The fourth-order valence-electron chi connectivity index (χ4n) is 2.68. The lowest BCUT2D eigenvalue weighted by Gasteiger charge is -2.20. The molecule has 17 heavy (non-hydrogen) atoms. The molecule has 1 aromatic heterocycles. The first kappa shape index (κ1) is 10.3. The van der Waals surface area contributed by atoms with E-state index in [0.29, 0.717) is 23.6 Å². The Morgan fingerprint density at radius 2 is 2.18 bits per heavy atom. The average Bonchev–Trinajstić information content (AvgIpc) is 2.81. The summed E-state index contributed by atoms with van der Waals surface area (Å²) in [5.74, 6) is -0.186. The number of anilines is 1. The van der Waals surface area contributed by atoms with Crippen molar-refractivity contribution in [3.05, 3.63) is 11.4 Å². The van der Waals surface area contributed by atoms with Gasteiger partial charge >= 0.3 is 0 Å². The first-order valence-electron chi connectivity index (χ1n) is 5.75. The van der Waals surface area contributed by atoms with E-state index in [1.165, 1.54) is 0 Å². The third kappa shape index (κ3) is 1.30. The highest BCUT2D eigenvalue weighted by atomic mass is 16.2. The molecule has 1 fully saturated rings. The molecule has 0 radical (unpaired) electrons. The van der Waals surface area contributed by atoms with E-state index in [-0.39, 0.29) is 17.9 Å². The van der Waals surface area contributed by atoms with Gasteiger partial charge in [-0.1, -0.05) is 0 Å². The zero-order valence-corrected chi connectivity index (χ0v) is 9.86. The minimum atomic E-state index is -0.311. The molecule has 0 spiro atoms. The van der Waals surface area contributed by atoms with E-state index in [1.807, 2.05) is 0 Å². The van der Waals surface area contributed by atoms with Gasteiger partial charge in [0, 0.05) is 13.6 Å². The molecule has 6 nitrogen and oxygen atoms in total. The highest BCUT2D eigenvalue weighted by molar-refractivity contribution is 6.09. The maximum absolute atomic E-state index is 12.4. The predicted octanol–water partition coefficient (Wildman–Crippen LogP) is 0.285. The Morgan fingerprint density at radius 3 is 2.94 bits per heavy atom. The van der Waals surface area contributed by atoms with Gasteiger partial charge in [0.1, 0.15) is 11.7 Å². The molecule has 0 saturated carbocycles. The maximum atomic E-state index is 12.4. The van der Waals surface area contributed by atoms with Gasteiger partial charge in [0.05, 0.1) is 11.4 Å². The summed E-state index contributed by atoms with van der Waals surface area (Å²) in [7, 11) is 1.73. The zero-order valence-electron chi connectivity index (χ0n) is 9.86. The Labute approximate surface area is 98.6 Å². The van der Waals surface area contributed by atoms with Gasteiger partial charge in [-0.15, -0.1) is 0 Å². The molecular weight excluding hydrogens is 220 g/mol. The number of nitrogens with zero attached hydrogens (tertiary/aromatic N) is 3. The fraction of sp³-hybridized carbons (Fsp3) is 0.545. The van der Waals surface area contributed by atoms with E-state index in [4.69, 9.17) is 0 Å². The first-order valence-corrected chi connectivity index (χ1v) is 5.75. The molecule has 0 aliphatic carbocycles.